The Morgan fingerprint density at radius 2 is 1.43 bits per heavy atom. The van der Waals surface area contributed by atoms with Gasteiger partial charge in [0.1, 0.15) is 35.3 Å². The van der Waals surface area contributed by atoms with Crippen molar-refractivity contribution in [3.63, 3.8) is 0 Å². The number of hydrogen-bond acceptors (Lipinski definition) is 11. The first-order valence-corrected chi connectivity index (χ1v) is 20.0. The van der Waals surface area contributed by atoms with Crippen molar-refractivity contribution in [2.24, 2.45) is 28.6 Å². The molecule has 1 heterocycles. The topological polar surface area (TPSA) is 135 Å². The number of ether oxygens (including phenoxy) is 8. The lowest BCUT2D eigenvalue weighted by molar-refractivity contribution is -0.386. The second-order valence-corrected chi connectivity index (χ2v) is 17.0. The van der Waals surface area contributed by atoms with Crippen LogP contribution >= 0.6 is 0 Å². The van der Waals surface area contributed by atoms with Gasteiger partial charge in [0, 0.05) is 39.0 Å². The van der Waals surface area contributed by atoms with Crippen LogP contribution in [-0.4, -0.2) is 121 Å². The third-order valence-corrected chi connectivity index (χ3v) is 14.8. The van der Waals surface area contributed by atoms with Crippen molar-refractivity contribution < 1.29 is 53.2 Å². The molecule has 0 spiro atoms. The third-order valence-electron chi connectivity index (χ3n) is 14.8. The predicted octanol–water partition coefficient (Wildman–Crippen LogP) is 4.92. The average molecular weight is 725 g/mol. The lowest BCUT2D eigenvalue weighted by Crippen LogP contribution is -2.75. The summed E-state index contributed by atoms with van der Waals surface area (Å²) in [5.41, 5.74) is -6.19. The molecule has 5 aliphatic carbocycles. The van der Waals surface area contributed by atoms with E-state index >= 15 is 0 Å². The Bertz CT molecular complexity index is 1230. The number of aliphatic hydroxyl groups is 3. The Labute approximate surface area is 306 Å². The van der Waals surface area contributed by atoms with Crippen molar-refractivity contribution in [1.82, 2.24) is 0 Å². The highest BCUT2D eigenvalue weighted by atomic mass is 16.7. The minimum Gasteiger partial charge on any atom is -0.382 e. The molecule has 6 rings (SSSR count). The maximum absolute atomic E-state index is 12.7. The van der Waals surface area contributed by atoms with Crippen molar-refractivity contribution in [3.05, 3.63) is 12.2 Å². The van der Waals surface area contributed by atoms with Crippen molar-refractivity contribution in [2.75, 3.05) is 53.5 Å². The van der Waals surface area contributed by atoms with Crippen molar-refractivity contribution in [2.45, 2.75) is 159 Å². The van der Waals surface area contributed by atoms with Crippen molar-refractivity contribution in [1.29, 1.82) is 0 Å². The highest BCUT2D eigenvalue weighted by Gasteiger charge is 2.78. The lowest BCUT2D eigenvalue weighted by atomic mass is 9.42. The molecule has 11 heteroatoms. The van der Waals surface area contributed by atoms with E-state index in [4.69, 9.17) is 37.9 Å². The van der Waals surface area contributed by atoms with Crippen LogP contribution in [-0.2, 0) is 37.9 Å². The average Bonchev–Trinajstić information content (AvgIpc) is 3.86. The van der Waals surface area contributed by atoms with E-state index in [1.165, 1.54) is 7.11 Å². The molecule has 51 heavy (non-hydrogen) atoms. The molecule has 0 aromatic rings. The van der Waals surface area contributed by atoms with Gasteiger partial charge in [0.15, 0.2) is 11.9 Å². The third kappa shape index (κ3) is 6.03. The number of hydrogen-bond donors (Lipinski definition) is 3. The van der Waals surface area contributed by atoms with E-state index in [-0.39, 0.29) is 37.4 Å². The molecule has 4 saturated carbocycles. The van der Waals surface area contributed by atoms with Crippen LogP contribution < -0.4 is 0 Å². The van der Waals surface area contributed by atoms with Crippen LogP contribution in [0.5, 0.6) is 0 Å². The molecule has 11 nitrogen and oxygen atoms in total. The fraction of sp³-hybridized carbons (Fsp3) is 0.950. The molecule has 294 valence electrons. The summed E-state index contributed by atoms with van der Waals surface area (Å²) >= 11 is 0. The van der Waals surface area contributed by atoms with E-state index in [0.29, 0.717) is 38.3 Å². The fourth-order valence-electron chi connectivity index (χ4n) is 11.8. The van der Waals surface area contributed by atoms with Gasteiger partial charge in [-0.05, 0) is 116 Å². The summed E-state index contributed by atoms with van der Waals surface area (Å²) in [7, 11) is 1.49. The molecule has 0 radical (unpaired) electrons. The predicted molar refractivity (Wildman–Crippen MR) is 190 cm³/mol. The molecule has 0 aromatic carbocycles. The SMILES string of the molecule is CCOCO[C@@]12C=CC(O)(C3(OCC)CC3)[C@@]1(C)CC[C@@H]1[C@H]2CCC2CC(O[C@@H]3O[C@H](C)[C@](O)(COCC)[C@H](OC)[C@]3(O)COCC)CC[C@@]21C. The standard InChI is InChI=1S/C40H68O11/c1-9-45-24-37(41)27(5)50-33(38(42,25-46-10-2)32(37)44-8)51-29-15-17-34(6)28(23-29)13-14-31-30(34)16-18-35(7)39(31,49-26-47-11-3)21-22-40(35,43)36(19-20-36)48-12-4/h21-22,27-33,41-43H,9-20,23-26H2,1-8H3/t27-,28?,29?,30-,31-,32+,33+,34+,35+,37-,38-,39-,40?/m1/s1. The Hall–Kier alpha value is -0.700. The number of fused-ring (bicyclic) bond motifs is 5. The smallest absolute Gasteiger partial charge is 0.192 e. The van der Waals surface area contributed by atoms with E-state index in [1.807, 2.05) is 33.8 Å². The zero-order valence-electron chi connectivity index (χ0n) is 32.6. The molecule has 13 atom stereocenters. The van der Waals surface area contributed by atoms with Gasteiger partial charge in [-0.25, -0.2) is 0 Å². The van der Waals surface area contributed by atoms with Crippen LogP contribution in [0, 0.1) is 28.6 Å². The Morgan fingerprint density at radius 3 is 2.06 bits per heavy atom. The summed E-state index contributed by atoms with van der Waals surface area (Å²) in [6, 6.07) is 0. The maximum atomic E-state index is 12.7. The van der Waals surface area contributed by atoms with Crippen LogP contribution in [0.3, 0.4) is 0 Å². The summed E-state index contributed by atoms with van der Waals surface area (Å²) in [5.74, 6) is 1.03. The fourth-order valence-corrected chi connectivity index (χ4v) is 11.8. The number of rotatable bonds is 16. The van der Waals surface area contributed by atoms with Crippen LogP contribution in [0.25, 0.3) is 0 Å². The first kappa shape index (κ1) is 40.0. The zero-order chi connectivity index (χ0) is 36.9. The van der Waals surface area contributed by atoms with Crippen LogP contribution in [0.2, 0.25) is 0 Å². The molecule has 1 aliphatic heterocycles. The van der Waals surface area contributed by atoms with E-state index < -0.39 is 51.9 Å². The van der Waals surface area contributed by atoms with Crippen LogP contribution in [0.4, 0.5) is 0 Å². The van der Waals surface area contributed by atoms with Gasteiger partial charge in [0.25, 0.3) is 0 Å². The van der Waals surface area contributed by atoms with Gasteiger partial charge < -0.3 is 53.2 Å². The molecule has 3 N–H and O–H groups in total. The van der Waals surface area contributed by atoms with Gasteiger partial charge in [-0.15, -0.1) is 0 Å². The van der Waals surface area contributed by atoms with E-state index in [1.54, 1.807) is 6.92 Å². The first-order chi connectivity index (χ1) is 24.2. The largest absolute Gasteiger partial charge is 0.382 e. The Kier molecular flexibility index (Phi) is 11.6. The van der Waals surface area contributed by atoms with Crippen molar-refractivity contribution >= 4 is 0 Å². The second-order valence-electron chi connectivity index (χ2n) is 17.0. The molecule has 0 aromatic heterocycles. The summed E-state index contributed by atoms with van der Waals surface area (Å²) in [6.07, 6.45) is 9.45. The molecule has 0 amide bonds. The minimum atomic E-state index is -1.76. The number of methoxy groups -OCH3 is 1. The molecule has 6 aliphatic rings. The molecule has 1 saturated heterocycles. The van der Waals surface area contributed by atoms with Gasteiger partial charge in [-0.2, -0.15) is 0 Å². The zero-order valence-corrected chi connectivity index (χ0v) is 32.6. The van der Waals surface area contributed by atoms with Gasteiger partial charge in [0.2, 0.25) is 0 Å². The molecule has 0 bridgehead atoms. The molecular formula is C40H68O11. The van der Waals surface area contributed by atoms with E-state index in [0.717, 1.165) is 57.8 Å². The van der Waals surface area contributed by atoms with Gasteiger partial charge in [0.05, 0.1) is 25.4 Å². The van der Waals surface area contributed by atoms with Gasteiger partial charge >= 0.3 is 0 Å². The van der Waals surface area contributed by atoms with Crippen LogP contribution in [0.15, 0.2) is 12.2 Å². The maximum Gasteiger partial charge on any atom is 0.192 e. The summed E-state index contributed by atoms with van der Waals surface area (Å²) in [6.45, 7) is 16.2. The van der Waals surface area contributed by atoms with Crippen LogP contribution in [0.1, 0.15) is 106 Å². The van der Waals surface area contributed by atoms with E-state index in [9.17, 15) is 15.3 Å². The highest BCUT2D eigenvalue weighted by molar-refractivity contribution is 5.40. The normalized spacial score (nSPS) is 48.6. The van der Waals surface area contributed by atoms with Gasteiger partial charge in [-0.1, -0.05) is 26.0 Å². The lowest BCUT2D eigenvalue weighted by Gasteiger charge is -2.66. The first-order valence-electron chi connectivity index (χ1n) is 20.0. The molecular weight excluding hydrogens is 656 g/mol. The highest BCUT2D eigenvalue weighted by Crippen LogP contribution is 2.73. The Morgan fingerprint density at radius 1 is 0.745 bits per heavy atom. The second kappa shape index (κ2) is 14.8. The summed E-state index contributed by atoms with van der Waals surface area (Å²) in [4.78, 5) is 0. The van der Waals surface area contributed by atoms with E-state index in [2.05, 4.69) is 19.9 Å². The molecule has 3 unspecified atom stereocenters. The monoisotopic (exact) mass is 724 g/mol. The summed E-state index contributed by atoms with van der Waals surface area (Å²) < 4.78 is 49.5. The Balaban J connectivity index is 1.22. The minimum absolute atomic E-state index is 0.0486. The van der Waals surface area contributed by atoms with Crippen molar-refractivity contribution in [3.8, 4) is 0 Å². The molecule has 5 fully saturated rings. The summed E-state index contributed by atoms with van der Waals surface area (Å²) in [5, 5.41) is 36.7. The van der Waals surface area contributed by atoms with Gasteiger partial charge in [-0.3, -0.25) is 0 Å². The quantitative estimate of drug-likeness (QED) is 0.0867.